The van der Waals surface area contributed by atoms with Crippen molar-refractivity contribution in [2.45, 2.75) is 32.4 Å². The van der Waals surface area contributed by atoms with E-state index in [4.69, 9.17) is 10.6 Å². The van der Waals surface area contributed by atoms with Gasteiger partial charge in [0.2, 0.25) is 5.91 Å². The van der Waals surface area contributed by atoms with Crippen LogP contribution in [0.1, 0.15) is 24.5 Å². The smallest absolute Gasteiger partial charge is 0.238 e. The molecule has 0 radical (unpaired) electrons. The van der Waals surface area contributed by atoms with E-state index in [0.717, 1.165) is 38.2 Å². The number of ether oxygens (including phenoxy) is 1. The summed E-state index contributed by atoms with van der Waals surface area (Å²) in [6, 6.07) is 8.13. The van der Waals surface area contributed by atoms with E-state index >= 15 is 0 Å². The summed E-state index contributed by atoms with van der Waals surface area (Å²) in [7, 11) is 0. The van der Waals surface area contributed by atoms with Gasteiger partial charge in [0.1, 0.15) is 0 Å². The van der Waals surface area contributed by atoms with Gasteiger partial charge in [-0.1, -0.05) is 31.2 Å². The van der Waals surface area contributed by atoms with Gasteiger partial charge in [0.25, 0.3) is 0 Å². The van der Waals surface area contributed by atoms with Crippen molar-refractivity contribution in [3.8, 4) is 0 Å². The standard InChI is InChI=1S/C15H23N3O2/c1-2-14-11-18(7-8-20-14)10-13-5-3-12(4-6-13)9-15(19)17-16/h3-6,14H,2,7-11,16H2,1H3,(H,17,19). The Kier molecular flexibility index (Phi) is 5.52. The second-order valence-electron chi connectivity index (χ2n) is 5.20. The van der Waals surface area contributed by atoms with Gasteiger partial charge in [-0.05, 0) is 17.5 Å². The second kappa shape index (κ2) is 7.38. The van der Waals surface area contributed by atoms with Crippen LogP contribution in [0.4, 0.5) is 0 Å². The van der Waals surface area contributed by atoms with Gasteiger partial charge in [-0.2, -0.15) is 0 Å². The summed E-state index contributed by atoms with van der Waals surface area (Å²) >= 11 is 0. The number of benzene rings is 1. The highest BCUT2D eigenvalue weighted by atomic mass is 16.5. The Balaban J connectivity index is 1.88. The van der Waals surface area contributed by atoms with Crippen LogP contribution in [0, 0.1) is 0 Å². The monoisotopic (exact) mass is 277 g/mol. The molecule has 0 saturated carbocycles. The van der Waals surface area contributed by atoms with Gasteiger partial charge in [-0.15, -0.1) is 0 Å². The summed E-state index contributed by atoms with van der Waals surface area (Å²) in [5.41, 5.74) is 4.38. The van der Waals surface area contributed by atoms with Crippen LogP contribution in [0.2, 0.25) is 0 Å². The fourth-order valence-electron chi connectivity index (χ4n) is 2.43. The third kappa shape index (κ3) is 4.30. The van der Waals surface area contributed by atoms with E-state index in [9.17, 15) is 4.79 Å². The number of carbonyl (C=O) groups excluding carboxylic acids is 1. The van der Waals surface area contributed by atoms with Gasteiger partial charge in [0, 0.05) is 19.6 Å². The fourth-order valence-corrected chi connectivity index (χ4v) is 2.43. The summed E-state index contributed by atoms with van der Waals surface area (Å²) in [5.74, 6) is 4.91. The number of nitrogens with zero attached hydrogens (tertiary/aromatic N) is 1. The normalized spacial score (nSPS) is 19.8. The largest absolute Gasteiger partial charge is 0.376 e. The second-order valence-corrected chi connectivity index (χ2v) is 5.20. The zero-order valence-corrected chi connectivity index (χ0v) is 12.0. The molecule has 0 spiro atoms. The van der Waals surface area contributed by atoms with E-state index in [1.54, 1.807) is 0 Å². The number of hydrazine groups is 1. The van der Waals surface area contributed by atoms with Crippen molar-refractivity contribution in [1.82, 2.24) is 10.3 Å². The van der Waals surface area contributed by atoms with Gasteiger partial charge >= 0.3 is 0 Å². The first-order valence-corrected chi connectivity index (χ1v) is 7.12. The predicted molar refractivity (Wildman–Crippen MR) is 77.8 cm³/mol. The molecule has 1 unspecified atom stereocenters. The van der Waals surface area contributed by atoms with E-state index in [-0.39, 0.29) is 5.91 Å². The first kappa shape index (κ1) is 15.0. The average Bonchev–Trinajstić information content (AvgIpc) is 2.49. The van der Waals surface area contributed by atoms with Gasteiger partial charge in [0.15, 0.2) is 0 Å². The molecule has 1 aliphatic heterocycles. The maximum absolute atomic E-state index is 11.2. The van der Waals surface area contributed by atoms with Crippen molar-refractivity contribution < 1.29 is 9.53 Å². The van der Waals surface area contributed by atoms with Crippen LogP contribution in [-0.4, -0.2) is 36.6 Å². The van der Waals surface area contributed by atoms with Crippen LogP contribution in [-0.2, 0) is 22.5 Å². The zero-order valence-electron chi connectivity index (χ0n) is 12.0. The summed E-state index contributed by atoms with van der Waals surface area (Å²) < 4.78 is 5.67. The molecule has 1 heterocycles. The minimum atomic E-state index is -0.170. The number of hydrogen-bond donors (Lipinski definition) is 2. The highest BCUT2D eigenvalue weighted by Gasteiger charge is 2.18. The quantitative estimate of drug-likeness (QED) is 0.475. The topological polar surface area (TPSA) is 67.6 Å². The lowest BCUT2D eigenvalue weighted by Crippen LogP contribution is -2.41. The Bertz CT molecular complexity index is 433. The van der Waals surface area contributed by atoms with Crippen LogP contribution in [0.25, 0.3) is 0 Å². The van der Waals surface area contributed by atoms with Crippen molar-refractivity contribution in [3.63, 3.8) is 0 Å². The molecule has 2 rings (SSSR count). The van der Waals surface area contributed by atoms with Gasteiger partial charge in [-0.3, -0.25) is 15.1 Å². The van der Waals surface area contributed by atoms with Crippen molar-refractivity contribution in [2.75, 3.05) is 19.7 Å². The molecule has 0 bridgehead atoms. The molecule has 5 nitrogen and oxygen atoms in total. The minimum Gasteiger partial charge on any atom is -0.376 e. The van der Waals surface area contributed by atoms with Crippen molar-refractivity contribution >= 4 is 5.91 Å². The number of nitrogens with one attached hydrogen (secondary N) is 1. The molecule has 110 valence electrons. The SMILES string of the molecule is CCC1CN(Cc2ccc(CC(=O)NN)cc2)CCO1. The molecule has 1 aliphatic rings. The Labute approximate surface area is 120 Å². The van der Waals surface area contributed by atoms with Crippen molar-refractivity contribution in [2.24, 2.45) is 5.84 Å². The molecular weight excluding hydrogens is 254 g/mol. The maximum atomic E-state index is 11.2. The van der Waals surface area contributed by atoms with Gasteiger partial charge in [0.05, 0.1) is 19.1 Å². The molecule has 5 heteroatoms. The third-order valence-electron chi connectivity index (χ3n) is 3.63. The summed E-state index contributed by atoms with van der Waals surface area (Å²) in [4.78, 5) is 13.6. The molecule has 1 fully saturated rings. The summed E-state index contributed by atoms with van der Waals surface area (Å²) in [5, 5.41) is 0. The minimum absolute atomic E-state index is 0.170. The maximum Gasteiger partial charge on any atom is 0.238 e. The summed E-state index contributed by atoms with van der Waals surface area (Å²) in [6.45, 7) is 5.88. The number of carbonyl (C=O) groups is 1. The molecule has 3 N–H and O–H groups in total. The van der Waals surface area contributed by atoms with Gasteiger partial charge < -0.3 is 4.74 Å². The fraction of sp³-hybridized carbons (Fsp3) is 0.533. The number of nitrogens with two attached hydrogens (primary N) is 1. The van der Waals surface area contributed by atoms with Crippen molar-refractivity contribution in [3.05, 3.63) is 35.4 Å². The molecule has 1 amide bonds. The highest BCUT2D eigenvalue weighted by molar-refractivity contribution is 5.77. The number of morpholine rings is 1. The summed E-state index contributed by atoms with van der Waals surface area (Å²) in [6.07, 6.45) is 1.74. The Hall–Kier alpha value is -1.43. The average molecular weight is 277 g/mol. The van der Waals surface area contributed by atoms with E-state index in [0.29, 0.717) is 12.5 Å². The van der Waals surface area contributed by atoms with Crippen LogP contribution >= 0.6 is 0 Å². The molecule has 1 aromatic rings. The molecule has 1 aromatic carbocycles. The Morgan fingerprint density at radius 3 is 2.75 bits per heavy atom. The number of amides is 1. The Morgan fingerprint density at radius 2 is 2.10 bits per heavy atom. The van der Waals surface area contributed by atoms with Crippen LogP contribution in [0.15, 0.2) is 24.3 Å². The van der Waals surface area contributed by atoms with Crippen LogP contribution in [0.3, 0.4) is 0 Å². The lowest BCUT2D eigenvalue weighted by Gasteiger charge is -2.32. The van der Waals surface area contributed by atoms with Crippen molar-refractivity contribution in [1.29, 1.82) is 0 Å². The molecule has 1 atom stereocenters. The van der Waals surface area contributed by atoms with Gasteiger partial charge in [-0.25, -0.2) is 5.84 Å². The molecule has 0 aliphatic carbocycles. The predicted octanol–water partition coefficient (Wildman–Crippen LogP) is 0.830. The Morgan fingerprint density at radius 1 is 1.40 bits per heavy atom. The number of rotatable bonds is 5. The van der Waals surface area contributed by atoms with E-state index in [1.807, 2.05) is 12.1 Å². The third-order valence-corrected chi connectivity index (χ3v) is 3.63. The zero-order chi connectivity index (χ0) is 14.4. The van der Waals surface area contributed by atoms with E-state index in [1.165, 1.54) is 5.56 Å². The molecular formula is C15H23N3O2. The molecule has 1 saturated heterocycles. The van der Waals surface area contributed by atoms with E-state index in [2.05, 4.69) is 29.4 Å². The van der Waals surface area contributed by atoms with E-state index < -0.39 is 0 Å². The van der Waals surface area contributed by atoms with Crippen LogP contribution in [0.5, 0.6) is 0 Å². The lowest BCUT2D eigenvalue weighted by molar-refractivity contribution is -0.120. The van der Waals surface area contributed by atoms with Crippen LogP contribution < -0.4 is 11.3 Å². The first-order valence-electron chi connectivity index (χ1n) is 7.12. The molecule has 20 heavy (non-hydrogen) atoms. The first-order chi connectivity index (χ1) is 9.71. The lowest BCUT2D eigenvalue weighted by atomic mass is 10.1. The number of hydrogen-bond acceptors (Lipinski definition) is 4. The molecule has 0 aromatic heterocycles. The highest BCUT2D eigenvalue weighted by Crippen LogP contribution is 2.13.